The Morgan fingerprint density at radius 2 is 2.45 bits per heavy atom. The number of rotatable bonds is 2. The topological polar surface area (TPSA) is 41.1 Å². The Kier molecular flexibility index (Phi) is 2.88. The van der Waals surface area contributed by atoms with E-state index in [9.17, 15) is 4.79 Å². The van der Waals surface area contributed by atoms with Crippen LogP contribution >= 0.6 is 0 Å². The highest BCUT2D eigenvalue weighted by molar-refractivity contribution is 5.76. The first-order chi connectivity index (χ1) is 5.24. The average Bonchev–Trinajstić information content (AvgIpc) is 2.03. The molecule has 1 heterocycles. The second-order valence-electron chi connectivity index (χ2n) is 3.18. The third-order valence-electron chi connectivity index (χ3n) is 2.45. The summed E-state index contributed by atoms with van der Waals surface area (Å²) in [4.78, 5) is 11.0. The molecular weight excluding hydrogens is 140 g/mol. The van der Waals surface area contributed by atoms with Crippen molar-refractivity contribution in [1.29, 1.82) is 0 Å². The maximum Gasteiger partial charge on any atom is 0.220 e. The number of hydrogen-bond donors (Lipinski definition) is 2. The molecule has 0 bridgehead atoms. The Morgan fingerprint density at radius 1 is 1.73 bits per heavy atom. The monoisotopic (exact) mass is 156 g/mol. The molecule has 1 fully saturated rings. The summed E-state index contributed by atoms with van der Waals surface area (Å²) in [6.07, 6.45) is 1.79. The van der Waals surface area contributed by atoms with E-state index in [2.05, 4.69) is 17.6 Å². The van der Waals surface area contributed by atoms with Crippen LogP contribution in [0.5, 0.6) is 0 Å². The highest BCUT2D eigenvalue weighted by Gasteiger charge is 2.22. The van der Waals surface area contributed by atoms with Crippen LogP contribution in [0.25, 0.3) is 0 Å². The minimum absolute atomic E-state index is 0.198. The van der Waals surface area contributed by atoms with E-state index in [1.54, 1.807) is 0 Å². The van der Waals surface area contributed by atoms with Crippen LogP contribution in [-0.2, 0) is 4.79 Å². The molecule has 1 rings (SSSR count). The molecule has 1 aliphatic heterocycles. The number of carbonyl (C=O) groups is 1. The van der Waals surface area contributed by atoms with Crippen molar-refractivity contribution in [1.82, 2.24) is 10.6 Å². The average molecular weight is 156 g/mol. The fraction of sp³-hybridized carbons (Fsp3) is 0.875. The van der Waals surface area contributed by atoms with Gasteiger partial charge in [-0.1, -0.05) is 0 Å². The molecule has 11 heavy (non-hydrogen) atoms. The van der Waals surface area contributed by atoms with E-state index in [0.717, 1.165) is 13.0 Å². The quantitative estimate of drug-likeness (QED) is 0.596. The van der Waals surface area contributed by atoms with Gasteiger partial charge in [0.25, 0.3) is 0 Å². The molecule has 2 atom stereocenters. The first-order valence-electron chi connectivity index (χ1n) is 4.18. The van der Waals surface area contributed by atoms with Gasteiger partial charge in [-0.3, -0.25) is 4.79 Å². The maximum atomic E-state index is 11.0. The molecule has 1 amide bonds. The number of nitrogens with one attached hydrogen (secondary N) is 2. The SMILES string of the molecule is CNC(C)C1CCNC(=O)C1. The maximum absolute atomic E-state index is 11.0. The van der Waals surface area contributed by atoms with Crippen molar-refractivity contribution in [3.05, 3.63) is 0 Å². The van der Waals surface area contributed by atoms with Gasteiger partial charge in [0.15, 0.2) is 0 Å². The Hall–Kier alpha value is -0.570. The van der Waals surface area contributed by atoms with E-state index in [0.29, 0.717) is 18.4 Å². The Bertz CT molecular complexity index is 147. The van der Waals surface area contributed by atoms with Crippen molar-refractivity contribution < 1.29 is 4.79 Å². The van der Waals surface area contributed by atoms with E-state index in [4.69, 9.17) is 0 Å². The van der Waals surface area contributed by atoms with Gasteiger partial charge < -0.3 is 10.6 Å². The van der Waals surface area contributed by atoms with E-state index in [-0.39, 0.29) is 5.91 Å². The molecule has 3 nitrogen and oxygen atoms in total. The van der Waals surface area contributed by atoms with Crippen molar-refractivity contribution in [2.75, 3.05) is 13.6 Å². The summed E-state index contributed by atoms with van der Waals surface area (Å²) in [5.41, 5.74) is 0. The van der Waals surface area contributed by atoms with Crippen molar-refractivity contribution in [3.8, 4) is 0 Å². The third kappa shape index (κ3) is 2.19. The van der Waals surface area contributed by atoms with E-state index >= 15 is 0 Å². The van der Waals surface area contributed by atoms with Crippen molar-refractivity contribution in [3.63, 3.8) is 0 Å². The van der Waals surface area contributed by atoms with Crippen molar-refractivity contribution >= 4 is 5.91 Å². The lowest BCUT2D eigenvalue weighted by molar-refractivity contribution is -0.123. The zero-order valence-electron chi connectivity index (χ0n) is 7.18. The summed E-state index contributed by atoms with van der Waals surface area (Å²) in [5.74, 6) is 0.720. The molecule has 1 aliphatic rings. The molecule has 0 aliphatic carbocycles. The van der Waals surface area contributed by atoms with Crippen LogP contribution in [0.1, 0.15) is 19.8 Å². The minimum Gasteiger partial charge on any atom is -0.356 e. The van der Waals surface area contributed by atoms with Crippen molar-refractivity contribution in [2.45, 2.75) is 25.8 Å². The lowest BCUT2D eigenvalue weighted by Crippen LogP contribution is -2.41. The summed E-state index contributed by atoms with van der Waals surface area (Å²) in [5, 5.41) is 6.00. The van der Waals surface area contributed by atoms with E-state index in [1.165, 1.54) is 0 Å². The van der Waals surface area contributed by atoms with Crippen LogP contribution in [0, 0.1) is 5.92 Å². The predicted molar refractivity (Wildman–Crippen MR) is 44.3 cm³/mol. The van der Waals surface area contributed by atoms with Crippen molar-refractivity contribution in [2.24, 2.45) is 5.92 Å². The molecule has 2 unspecified atom stereocenters. The van der Waals surface area contributed by atoms with Gasteiger partial charge in [0, 0.05) is 19.0 Å². The summed E-state index contributed by atoms with van der Waals surface area (Å²) in [7, 11) is 1.94. The molecule has 0 aromatic carbocycles. The Morgan fingerprint density at radius 3 is 3.00 bits per heavy atom. The molecular formula is C8H16N2O. The van der Waals surface area contributed by atoms with Crippen LogP contribution in [0.2, 0.25) is 0 Å². The molecule has 3 heteroatoms. The zero-order chi connectivity index (χ0) is 8.27. The Labute approximate surface area is 67.5 Å². The number of amides is 1. The van der Waals surface area contributed by atoms with E-state index in [1.807, 2.05) is 7.05 Å². The summed E-state index contributed by atoms with van der Waals surface area (Å²) >= 11 is 0. The van der Waals surface area contributed by atoms with Crippen LogP contribution in [0.4, 0.5) is 0 Å². The van der Waals surface area contributed by atoms with Gasteiger partial charge in [-0.2, -0.15) is 0 Å². The van der Waals surface area contributed by atoms with Crippen LogP contribution in [-0.4, -0.2) is 25.5 Å². The minimum atomic E-state index is 0.198. The summed E-state index contributed by atoms with van der Waals surface area (Å²) in [6.45, 7) is 2.97. The highest BCUT2D eigenvalue weighted by Crippen LogP contribution is 2.15. The molecule has 0 aromatic heterocycles. The van der Waals surface area contributed by atoms with Gasteiger partial charge in [-0.25, -0.2) is 0 Å². The molecule has 0 saturated carbocycles. The highest BCUT2D eigenvalue weighted by atomic mass is 16.1. The molecule has 1 saturated heterocycles. The summed E-state index contributed by atoms with van der Waals surface area (Å²) in [6, 6.07) is 0.459. The normalized spacial score (nSPS) is 27.8. The third-order valence-corrected chi connectivity index (χ3v) is 2.45. The number of piperidine rings is 1. The van der Waals surface area contributed by atoms with Gasteiger partial charge in [0.05, 0.1) is 0 Å². The molecule has 64 valence electrons. The lowest BCUT2D eigenvalue weighted by atomic mass is 9.91. The number of hydrogen-bond acceptors (Lipinski definition) is 2. The van der Waals surface area contributed by atoms with Gasteiger partial charge in [-0.15, -0.1) is 0 Å². The lowest BCUT2D eigenvalue weighted by Gasteiger charge is -2.27. The number of carbonyl (C=O) groups excluding carboxylic acids is 1. The fourth-order valence-electron chi connectivity index (χ4n) is 1.47. The Balaban J connectivity index is 2.39. The second-order valence-corrected chi connectivity index (χ2v) is 3.18. The first kappa shape index (κ1) is 8.53. The van der Waals surface area contributed by atoms with Gasteiger partial charge >= 0.3 is 0 Å². The summed E-state index contributed by atoms with van der Waals surface area (Å²) < 4.78 is 0. The second kappa shape index (κ2) is 3.72. The predicted octanol–water partition coefficient (Wildman–Crippen LogP) is 0.120. The molecule has 2 N–H and O–H groups in total. The standard InChI is InChI=1S/C8H16N2O/c1-6(9-2)7-3-4-10-8(11)5-7/h6-7,9H,3-5H2,1-2H3,(H,10,11). The first-order valence-corrected chi connectivity index (χ1v) is 4.18. The zero-order valence-corrected chi connectivity index (χ0v) is 7.18. The molecule has 0 radical (unpaired) electrons. The molecule has 0 spiro atoms. The largest absolute Gasteiger partial charge is 0.356 e. The van der Waals surface area contributed by atoms with E-state index < -0.39 is 0 Å². The fourth-order valence-corrected chi connectivity index (χ4v) is 1.47. The van der Waals surface area contributed by atoms with Gasteiger partial charge in [0.2, 0.25) is 5.91 Å². The smallest absolute Gasteiger partial charge is 0.220 e. The van der Waals surface area contributed by atoms with Crippen LogP contribution < -0.4 is 10.6 Å². The van der Waals surface area contributed by atoms with Gasteiger partial charge in [0.1, 0.15) is 0 Å². The van der Waals surface area contributed by atoms with Gasteiger partial charge in [-0.05, 0) is 26.3 Å². The van der Waals surface area contributed by atoms with Crippen LogP contribution in [0.3, 0.4) is 0 Å². The van der Waals surface area contributed by atoms with Crippen LogP contribution in [0.15, 0.2) is 0 Å². The molecule has 0 aromatic rings.